The molecule has 0 unspecified atom stereocenters. The smallest absolute Gasteiger partial charge is 0.259 e. The monoisotopic (exact) mass is 516 g/mol. The van der Waals surface area contributed by atoms with E-state index in [1.165, 1.54) is 29.3 Å². The normalized spacial score (nSPS) is 17.7. The molecule has 0 aliphatic carbocycles. The van der Waals surface area contributed by atoms with Crippen LogP contribution in [-0.4, -0.2) is 75.6 Å². The minimum Gasteiger partial charge on any atom is -0.472 e. The van der Waals surface area contributed by atoms with Crippen molar-refractivity contribution < 1.29 is 23.8 Å². The number of nitrogens with zero attached hydrogens (tertiary/aromatic N) is 4. The number of ether oxygens (including phenoxy) is 1. The van der Waals surface area contributed by atoms with Crippen LogP contribution in [0.15, 0.2) is 61.1 Å². The molecule has 1 aliphatic rings. The van der Waals surface area contributed by atoms with Gasteiger partial charge in [0.15, 0.2) is 0 Å². The molecule has 9 heteroatoms. The predicted octanol–water partition coefficient (Wildman–Crippen LogP) is 3.01. The molecule has 0 saturated heterocycles. The lowest BCUT2D eigenvalue weighted by atomic mass is 9.99. The number of benzene rings is 1. The van der Waals surface area contributed by atoms with Crippen molar-refractivity contribution in [2.45, 2.75) is 26.0 Å². The molecule has 0 spiro atoms. The number of halogens is 1. The van der Waals surface area contributed by atoms with Crippen LogP contribution < -0.4 is 4.74 Å². The average molecular weight is 517 g/mol. The lowest BCUT2D eigenvalue weighted by molar-refractivity contribution is 0.0312. The first kappa shape index (κ1) is 26.8. The van der Waals surface area contributed by atoms with Crippen molar-refractivity contribution in [3.05, 3.63) is 89.1 Å². The first-order valence-electron chi connectivity index (χ1n) is 12.3. The fraction of sp³-hybridized carbons (Fsp3) is 0.310. The van der Waals surface area contributed by atoms with Crippen LogP contribution >= 0.6 is 0 Å². The zero-order valence-corrected chi connectivity index (χ0v) is 21.5. The summed E-state index contributed by atoms with van der Waals surface area (Å²) in [5.41, 5.74) is 1.47. The maximum atomic E-state index is 14.2. The van der Waals surface area contributed by atoms with Crippen LogP contribution in [0.3, 0.4) is 0 Å². The Hall–Kier alpha value is -4.29. The second-order valence-corrected chi connectivity index (χ2v) is 9.35. The van der Waals surface area contributed by atoms with E-state index in [1.807, 2.05) is 6.92 Å². The Kier molecular flexibility index (Phi) is 8.34. The van der Waals surface area contributed by atoms with Crippen molar-refractivity contribution in [1.82, 2.24) is 19.8 Å². The number of aromatic nitrogens is 2. The quantitative estimate of drug-likeness (QED) is 0.524. The number of aliphatic hydroxyl groups is 1. The van der Waals surface area contributed by atoms with Gasteiger partial charge in [-0.15, -0.1) is 0 Å². The molecule has 2 aromatic heterocycles. The third-order valence-corrected chi connectivity index (χ3v) is 6.46. The highest BCUT2D eigenvalue weighted by molar-refractivity contribution is 5.97. The highest BCUT2D eigenvalue weighted by atomic mass is 19.1. The SMILES string of the molecule is C[C@@H]1CN([C@H](C)CO)C(=O)c2cc(C#Cc3ccncc3)cnc2O[C@@H]1CN(C)C(=O)c1ccccc1F. The summed E-state index contributed by atoms with van der Waals surface area (Å²) in [6, 6.07) is 10.5. The van der Waals surface area contributed by atoms with Gasteiger partial charge in [0.1, 0.15) is 17.5 Å². The Morgan fingerprint density at radius 2 is 1.95 bits per heavy atom. The molecule has 3 heterocycles. The van der Waals surface area contributed by atoms with E-state index in [0.29, 0.717) is 5.56 Å². The van der Waals surface area contributed by atoms with Crippen molar-refractivity contribution in [1.29, 1.82) is 0 Å². The summed E-state index contributed by atoms with van der Waals surface area (Å²) in [7, 11) is 1.58. The molecule has 8 nitrogen and oxygen atoms in total. The van der Waals surface area contributed by atoms with Crippen LogP contribution in [0, 0.1) is 23.6 Å². The molecule has 0 saturated carbocycles. The molecule has 3 aromatic rings. The number of hydrogen-bond donors (Lipinski definition) is 1. The van der Waals surface area contributed by atoms with Crippen LogP contribution in [0.1, 0.15) is 45.7 Å². The van der Waals surface area contributed by atoms with Gasteiger partial charge in [-0.3, -0.25) is 14.6 Å². The Morgan fingerprint density at radius 3 is 2.66 bits per heavy atom. The molecule has 1 N–H and O–H groups in total. The summed E-state index contributed by atoms with van der Waals surface area (Å²) < 4.78 is 20.5. The highest BCUT2D eigenvalue weighted by Crippen LogP contribution is 2.27. The van der Waals surface area contributed by atoms with Crippen LogP contribution in [-0.2, 0) is 0 Å². The molecule has 1 aromatic carbocycles. The van der Waals surface area contributed by atoms with E-state index in [9.17, 15) is 19.1 Å². The van der Waals surface area contributed by atoms with E-state index in [4.69, 9.17) is 4.74 Å². The van der Waals surface area contributed by atoms with Crippen molar-refractivity contribution >= 4 is 11.8 Å². The van der Waals surface area contributed by atoms with E-state index >= 15 is 0 Å². The molecule has 1 aliphatic heterocycles. The Morgan fingerprint density at radius 1 is 1.24 bits per heavy atom. The average Bonchev–Trinajstić information content (AvgIpc) is 2.93. The number of amides is 2. The second-order valence-electron chi connectivity index (χ2n) is 9.35. The van der Waals surface area contributed by atoms with Gasteiger partial charge in [0.25, 0.3) is 11.8 Å². The maximum Gasteiger partial charge on any atom is 0.259 e. The van der Waals surface area contributed by atoms with Gasteiger partial charge < -0.3 is 19.6 Å². The summed E-state index contributed by atoms with van der Waals surface area (Å²) in [5, 5.41) is 9.85. The zero-order chi connectivity index (χ0) is 27.2. The van der Waals surface area contributed by atoms with Gasteiger partial charge >= 0.3 is 0 Å². The van der Waals surface area contributed by atoms with Crippen LogP contribution in [0.4, 0.5) is 4.39 Å². The highest BCUT2D eigenvalue weighted by Gasteiger charge is 2.35. The fourth-order valence-electron chi connectivity index (χ4n) is 4.16. The van der Waals surface area contributed by atoms with E-state index in [-0.39, 0.29) is 48.5 Å². The minimum absolute atomic E-state index is 0.0323. The minimum atomic E-state index is -0.600. The number of likely N-dealkylation sites (N-methyl/N-ethyl adjacent to an activating group) is 1. The van der Waals surface area contributed by atoms with Crippen molar-refractivity contribution in [2.24, 2.45) is 5.92 Å². The summed E-state index contributed by atoms with van der Waals surface area (Å²) >= 11 is 0. The van der Waals surface area contributed by atoms with Gasteiger partial charge in [0.05, 0.1) is 24.8 Å². The van der Waals surface area contributed by atoms with E-state index in [2.05, 4.69) is 21.8 Å². The third kappa shape index (κ3) is 5.98. The molecular weight excluding hydrogens is 487 g/mol. The van der Waals surface area contributed by atoms with Crippen LogP contribution in [0.25, 0.3) is 0 Å². The standard InChI is InChI=1S/C29H29FN4O4/c1-19-16-34(20(2)18-35)29(37)24-14-22(9-8-21-10-12-31-13-11-21)15-32-27(24)38-26(19)17-33(3)28(36)23-6-4-5-7-25(23)30/h4-7,10-15,19-20,26,35H,16-18H2,1-3H3/t19-,20-,26-/m1/s1. The summed E-state index contributed by atoms with van der Waals surface area (Å²) in [5.74, 6) is 4.50. The number of aliphatic hydroxyl groups excluding tert-OH is 1. The first-order valence-corrected chi connectivity index (χ1v) is 12.3. The first-order chi connectivity index (χ1) is 18.3. The number of hydrogen-bond acceptors (Lipinski definition) is 6. The van der Waals surface area contributed by atoms with E-state index < -0.39 is 23.9 Å². The summed E-state index contributed by atoms with van der Waals surface area (Å²) in [4.78, 5) is 37.9. The topological polar surface area (TPSA) is 95.9 Å². The maximum absolute atomic E-state index is 14.2. The molecule has 38 heavy (non-hydrogen) atoms. The van der Waals surface area contributed by atoms with Crippen LogP contribution in [0.5, 0.6) is 5.88 Å². The number of carbonyl (C=O) groups excluding carboxylic acids is 2. The summed E-state index contributed by atoms with van der Waals surface area (Å²) in [6.07, 6.45) is 4.25. The largest absolute Gasteiger partial charge is 0.472 e. The summed E-state index contributed by atoms with van der Waals surface area (Å²) in [6.45, 7) is 3.85. The fourth-order valence-corrected chi connectivity index (χ4v) is 4.16. The molecule has 3 atom stereocenters. The van der Waals surface area contributed by atoms with Gasteiger partial charge in [-0.05, 0) is 37.3 Å². The van der Waals surface area contributed by atoms with Gasteiger partial charge in [-0.2, -0.15) is 0 Å². The van der Waals surface area contributed by atoms with Crippen molar-refractivity contribution in [2.75, 3.05) is 26.7 Å². The van der Waals surface area contributed by atoms with E-state index in [1.54, 1.807) is 55.5 Å². The lowest BCUT2D eigenvalue weighted by Crippen LogP contribution is -2.50. The molecule has 2 amide bonds. The number of rotatable bonds is 5. The molecule has 4 rings (SSSR count). The van der Waals surface area contributed by atoms with Crippen molar-refractivity contribution in [3.8, 4) is 17.7 Å². The zero-order valence-electron chi connectivity index (χ0n) is 21.5. The third-order valence-electron chi connectivity index (χ3n) is 6.46. The number of pyridine rings is 2. The van der Waals surface area contributed by atoms with Crippen LogP contribution in [0.2, 0.25) is 0 Å². The predicted molar refractivity (Wildman–Crippen MR) is 139 cm³/mol. The van der Waals surface area contributed by atoms with Gasteiger partial charge in [-0.1, -0.05) is 30.9 Å². The lowest BCUT2D eigenvalue weighted by Gasteiger charge is -2.37. The van der Waals surface area contributed by atoms with E-state index in [0.717, 1.165) is 5.56 Å². The second kappa shape index (κ2) is 11.8. The Balaban J connectivity index is 1.66. The van der Waals surface area contributed by atoms with Crippen molar-refractivity contribution in [3.63, 3.8) is 0 Å². The van der Waals surface area contributed by atoms with Gasteiger partial charge in [0, 0.05) is 49.2 Å². The molecule has 0 bridgehead atoms. The number of fused-ring (bicyclic) bond motifs is 1. The molecular formula is C29H29FN4O4. The number of carbonyl (C=O) groups is 2. The molecule has 196 valence electrons. The molecule has 0 fully saturated rings. The van der Waals surface area contributed by atoms with Gasteiger partial charge in [-0.25, -0.2) is 9.37 Å². The van der Waals surface area contributed by atoms with Gasteiger partial charge in [0.2, 0.25) is 5.88 Å². The Labute approximate surface area is 221 Å². The molecule has 0 radical (unpaired) electrons. The Bertz CT molecular complexity index is 1370.